The van der Waals surface area contributed by atoms with Crippen LogP contribution in [0.5, 0.6) is 0 Å². The molecule has 12 heteroatoms. The number of hydrogen-bond acceptors (Lipinski definition) is 2. The molecule has 0 unspecified atom stereocenters. The number of nitrogens with zero attached hydrogens (tertiary/aromatic N) is 1. The Bertz CT molecular complexity index is 1750. The number of anilines is 3. The number of hydrogen-bond donors (Lipinski definition) is 0. The summed E-state index contributed by atoms with van der Waals surface area (Å²) in [5.41, 5.74) is -4.66. The lowest BCUT2D eigenvalue weighted by atomic mass is 9.92. The summed E-state index contributed by atoms with van der Waals surface area (Å²) in [6.07, 6.45) is 0. The second-order valence-electron chi connectivity index (χ2n) is 8.96. The molecule has 5 aromatic rings. The highest BCUT2D eigenvalue weighted by Gasteiger charge is 2.36. The van der Waals surface area contributed by atoms with Crippen molar-refractivity contribution in [2.75, 3.05) is 4.90 Å². The highest BCUT2D eigenvalue weighted by Crippen LogP contribution is 2.56. The van der Waals surface area contributed by atoms with Gasteiger partial charge < -0.3 is 4.90 Å². The van der Waals surface area contributed by atoms with Gasteiger partial charge in [0.2, 0.25) is 11.6 Å². The summed E-state index contributed by atoms with van der Waals surface area (Å²) in [6, 6.07) is 15.4. The molecule has 0 radical (unpaired) electrons. The monoisotopic (exact) mass is 607 g/mol. The Morgan fingerprint density at radius 2 is 0.714 bits per heavy atom. The topological polar surface area (TPSA) is 3.24 Å². The Morgan fingerprint density at radius 1 is 0.381 bits per heavy atom. The maximum absolute atomic E-state index is 15.2. The van der Waals surface area contributed by atoms with Crippen molar-refractivity contribution in [1.82, 2.24) is 0 Å². The minimum absolute atomic E-state index is 0.225. The predicted molar refractivity (Wildman–Crippen MR) is 136 cm³/mol. The normalized spacial score (nSPS) is 12.4. The molecule has 0 aliphatic carbocycles. The molecule has 1 aliphatic rings. The second-order valence-corrected chi connectivity index (χ2v) is 10.0. The summed E-state index contributed by atoms with van der Waals surface area (Å²) in [7, 11) is 0. The van der Waals surface area contributed by atoms with E-state index in [9.17, 15) is 26.3 Å². The van der Waals surface area contributed by atoms with Crippen LogP contribution in [0.1, 0.15) is 0 Å². The van der Waals surface area contributed by atoms with Crippen LogP contribution in [0.25, 0.3) is 22.3 Å². The highest BCUT2D eigenvalue weighted by molar-refractivity contribution is 7.99. The van der Waals surface area contributed by atoms with Gasteiger partial charge in [0.1, 0.15) is 0 Å². The number of halogens is 10. The Labute approximate surface area is 234 Å². The van der Waals surface area contributed by atoms with Crippen LogP contribution < -0.4 is 4.90 Å². The maximum Gasteiger partial charge on any atom is 0.200 e. The molecule has 0 amide bonds. The lowest BCUT2D eigenvalue weighted by Crippen LogP contribution is -2.18. The second kappa shape index (κ2) is 10.1. The van der Waals surface area contributed by atoms with Crippen molar-refractivity contribution in [1.29, 1.82) is 0 Å². The number of rotatable bonds is 3. The summed E-state index contributed by atoms with van der Waals surface area (Å²) in [4.78, 5) is 2.20. The molecule has 0 bridgehead atoms. The fourth-order valence-electron chi connectivity index (χ4n) is 4.82. The van der Waals surface area contributed by atoms with Crippen molar-refractivity contribution in [3.63, 3.8) is 0 Å². The standard InChI is InChI=1S/C30H11F10NS/c31-20-18(21(32)25(36)28(39)24(20)35)12-6-5-7-13(19-22(33)26(37)29(40)27(38)23(19)34)30(12)41-14-8-1-3-10-16(14)42-17-11-4-2-9-15(17)41/h1-11H. The van der Waals surface area contributed by atoms with E-state index in [2.05, 4.69) is 0 Å². The van der Waals surface area contributed by atoms with Gasteiger partial charge in [0, 0.05) is 20.9 Å². The molecule has 1 aliphatic heterocycles. The lowest BCUT2D eigenvalue weighted by molar-refractivity contribution is 0.381. The van der Waals surface area contributed by atoms with Gasteiger partial charge in [-0.3, -0.25) is 0 Å². The molecule has 5 aromatic carbocycles. The van der Waals surface area contributed by atoms with E-state index in [1.54, 1.807) is 36.4 Å². The van der Waals surface area contributed by atoms with Crippen LogP contribution in [0, 0.1) is 58.2 Å². The summed E-state index contributed by atoms with van der Waals surface area (Å²) in [6.45, 7) is 0. The Hall–Kier alpha value is -4.45. The summed E-state index contributed by atoms with van der Waals surface area (Å²) in [5.74, 6) is -23.2. The molecule has 0 N–H and O–H groups in total. The van der Waals surface area contributed by atoms with E-state index in [0.29, 0.717) is 9.79 Å². The van der Waals surface area contributed by atoms with Crippen LogP contribution in [0.4, 0.5) is 61.0 Å². The molecule has 1 heterocycles. The number of fused-ring (bicyclic) bond motifs is 2. The third-order valence-corrected chi connectivity index (χ3v) is 7.78. The number of para-hydroxylation sites is 3. The van der Waals surface area contributed by atoms with Gasteiger partial charge >= 0.3 is 0 Å². The zero-order chi connectivity index (χ0) is 30.0. The van der Waals surface area contributed by atoms with Gasteiger partial charge in [0.15, 0.2) is 46.5 Å². The van der Waals surface area contributed by atoms with E-state index in [4.69, 9.17) is 0 Å². The van der Waals surface area contributed by atoms with Crippen molar-refractivity contribution in [2.24, 2.45) is 0 Å². The van der Waals surface area contributed by atoms with Gasteiger partial charge in [0.25, 0.3) is 0 Å². The predicted octanol–water partition coefficient (Wildman–Crippen LogP) is 10.3. The van der Waals surface area contributed by atoms with Crippen LogP contribution in [0.2, 0.25) is 0 Å². The largest absolute Gasteiger partial charge is 0.307 e. The van der Waals surface area contributed by atoms with Crippen LogP contribution in [0.3, 0.4) is 0 Å². The lowest BCUT2D eigenvalue weighted by Gasteiger charge is -2.35. The van der Waals surface area contributed by atoms with Gasteiger partial charge in [-0.15, -0.1) is 0 Å². The van der Waals surface area contributed by atoms with Crippen LogP contribution in [-0.4, -0.2) is 0 Å². The Balaban J connectivity index is 1.83. The van der Waals surface area contributed by atoms with Gasteiger partial charge in [-0.25, -0.2) is 43.9 Å². The van der Waals surface area contributed by atoms with Crippen molar-refractivity contribution in [2.45, 2.75) is 9.79 Å². The zero-order valence-corrected chi connectivity index (χ0v) is 21.3. The molecule has 0 aromatic heterocycles. The van der Waals surface area contributed by atoms with Crippen molar-refractivity contribution < 1.29 is 43.9 Å². The van der Waals surface area contributed by atoms with Gasteiger partial charge in [0.05, 0.1) is 28.2 Å². The number of benzene rings is 5. The molecule has 0 saturated carbocycles. The Morgan fingerprint density at radius 3 is 1.10 bits per heavy atom. The fourth-order valence-corrected chi connectivity index (χ4v) is 5.87. The summed E-state index contributed by atoms with van der Waals surface area (Å²) in [5, 5.41) is 0. The molecule has 0 atom stereocenters. The summed E-state index contributed by atoms with van der Waals surface area (Å²) >= 11 is 1.23. The highest BCUT2D eigenvalue weighted by atomic mass is 32.2. The minimum Gasteiger partial charge on any atom is -0.307 e. The van der Waals surface area contributed by atoms with E-state index in [1.165, 1.54) is 28.8 Å². The average Bonchev–Trinajstić information content (AvgIpc) is 3.00. The third-order valence-electron chi connectivity index (χ3n) is 6.65. The first kappa shape index (κ1) is 27.7. The molecule has 6 rings (SSSR count). The molecular formula is C30H11F10NS. The van der Waals surface area contributed by atoms with Crippen molar-refractivity contribution in [3.8, 4) is 22.3 Å². The average molecular weight is 607 g/mol. The summed E-state index contributed by atoms with van der Waals surface area (Å²) < 4.78 is 147. The van der Waals surface area contributed by atoms with E-state index in [1.807, 2.05) is 0 Å². The molecule has 0 spiro atoms. The fraction of sp³-hybridized carbons (Fsp3) is 0. The van der Waals surface area contributed by atoms with Crippen molar-refractivity contribution in [3.05, 3.63) is 125 Å². The van der Waals surface area contributed by atoms with Crippen LogP contribution >= 0.6 is 11.8 Å². The first-order chi connectivity index (χ1) is 20.0. The van der Waals surface area contributed by atoms with Gasteiger partial charge in [-0.2, -0.15) is 0 Å². The molecule has 42 heavy (non-hydrogen) atoms. The van der Waals surface area contributed by atoms with E-state index in [-0.39, 0.29) is 11.4 Å². The molecule has 0 fully saturated rings. The van der Waals surface area contributed by atoms with Crippen LogP contribution in [-0.2, 0) is 0 Å². The van der Waals surface area contributed by atoms with E-state index < -0.39 is 86.1 Å². The Kier molecular flexibility index (Phi) is 6.68. The van der Waals surface area contributed by atoms with E-state index >= 15 is 17.6 Å². The van der Waals surface area contributed by atoms with Crippen LogP contribution in [0.15, 0.2) is 76.5 Å². The molecular weight excluding hydrogens is 596 g/mol. The first-order valence-electron chi connectivity index (χ1n) is 11.9. The maximum atomic E-state index is 15.2. The smallest absolute Gasteiger partial charge is 0.200 e. The van der Waals surface area contributed by atoms with Gasteiger partial charge in [-0.05, 0) is 24.3 Å². The third kappa shape index (κ3) is 3.96. The van der Waals surface area contributed by atoms with Gasteiger partial charge in [-0.1, -0.05) is 54.2 Å². The minimum atomic E-state index is -2.45. The zero-order valence-electron chi connectivity index (χ0n) is 20.5. The van der Waals surface area contributed by atoms with E-state index in [0.717, 1.165) is 18.2 Å². The molecule has 0 saturated heterocycles. The quantitative estimate of drug-likeness (QED) is 0.112. The molecule has 1 nitrogen and oxygen atoms in total. The first-order valence-corrected chi connectivity index (χ1v) is 12.7. The SMILES string of the molecule is Fc1c(F)c(F)c(-c2cccc(-c3c(F)c(F)c(F)c(F)c3F)c2N2c3ccccc3Sc3ccccc32)c(F)c1F. The van der Waals surface area contributed by atoms with Crippen molar-refractivity contribution >= 4 is 28.8 Å². The molecule has 212 valence electrons.